The largest absolute Gasteiger partial charge is 0.493 e. The van der Waals surface area contributed by atoms with E-state index in [1.807, 2.05) is 18.2 Å². The molecule has 28 heavy (non-hydrogen) atoms. The van der Waals surface area contributed by atoms with E-state index in [9.17, 15) is 0 Å². The van der Waals surface area contributed by atoms with E-state index in [1.54, 1.807) is 14.2 Å². The summed E-state index contributed by atoms with van der Waals surface area (Å²) in [5, 5.41) is 3.34. The summed E-state index contributed by atoms with van der Waals surface area (Å²) in [5.74, 6) is 2.84. The van der Waals surface area contributed by atoms with Crippen LogP contribution in [0.3, 0.4) is 0 Å². The van der Waals surface area contributed by atoms with Crippen molar-refractivity contribution < 1.29 is 9.47 Å². The number of guanidine groups is 1. The zero-order valence-electron chi connectivity index (χ0n) is 17.5. The van der Waals surface area contributed by atoms with Crippen LogP contribution >= 0.6 is 0 Å². The number of benzene rings is 1. The highest BCUT2D eigenvalue weighted by atomic mass is 16.5. The summed E-state index contributed by atoms with van der Waals surface area (Å²) < 4.78 is 10.6. The monoisotopic (exact) mass is 388 g/mol. The van der Waals surface area contributed by atoms with Gasteiger partial charge in [0.1, 0.15) is 0 Å². The molecule has 0 radical (unpaired) electrons. The highest BCUT2D eigenvalue weighted by molar-refractivity contribution is 5.77. The van der Waals surface area contributed by atoms with E-state index < -0.39 is 0 Å². The maximum absolute atomic E-state index is 6.12. The van der Waals surface area contributed by atoms with E-state index in [-0.39, 0.29) is 0 Å². The quantitative estimate of drug-likeness (QED) is 0.529. The molecule has 3 rings (SSSR count). The standard InChI is InChI=1S/C22H36N4O2/c1-27-20-11-10-18(13-21(20)28-2)14-24-22(23)25-15-19-9-6-12-26(19)16-17-7-4-3-5-8-17/h10-11,13,17,19H,3-9,12,14-16H2,1-2H3,(H3,23,24,25). The van der Waals surface area contributed by atoms with Crippen LogP contribution in [-0.4, -0.2) is 50.8 Å². The Hall–Kier alpha value is -1.95. The Morgan fingerprint density at radius 1 is 1.11 bits per heavy atom. The van der Waals surface area contributed by atoms with Gasteiger partial charge in [0.05, 0.1) is 20.8 Å². The number of likely N-dealkylation sites (tertiary alicyclic amines) is 1. The molecular weight excluding hydrogens is 352 g/mol. The average molecular weight is 389 g/mol. The number of ether oxygens (including phenoxy) is 2. The zero-order chi connectivity index (χ0) is 19.8. The molecule has 6 heteroatoms. The highest BCUT2D eigenvalue weighted by Gasteiger charge is 2.27. The predicted octanol–water partition coefficient (Wildman–Crippen LogP) is 3.15. The maximum atomic E-state index is 6.12. The lowest BCUT2D eigenvalue weighted by Gasteiger charge is -2.31. The predicted molar refractivity (Wildman–Crippen MR) is 114 cm³/mol. The minimum atomic E-state index is 0.513. The van der Waals surface area contributed by atoms with Crippen LogP contribution in [0.2, 0.25) is 0 Å². The first-order valence-electron chi connectivity index (χ1n) is 10.7. The minimum Gasteiger partial charge on any atom is -0.493 e. The third-order valence-electron chi connectivity index (χ3n) is 6.12. The molecular formula is C22H36N4O2. The van der Waals surface area contributed by atoms with Crippen molar-refractivity contribution in [2.24, 2.45) is 16.6 Å². The summed E-state index contributed by atoms with van der Waals surface area (Å²) in [6.45, 7) is 3.89. The van der Waals surface area contributed by atoms with Gasteiger partial charge in [0.15, 0.2) is 17.5 Å². The second-order valence-corrected chi connectivity index (χ2v) is 8.07. The summed E-state index contributed by atoms with van der Waals surface area (Å²) in [5.41, 5.74) is 7.16. The van der Waals surface area contributed by atoms with Crippen LogP contribution in [0.4, 0.5) is 0 Å². The molecule has 1 saturated heterocycles. The van der Waals surface area contributed by atoms with Crippen LogP contribution < -0.4 is 20.5 Å². The zero-order valence-corrected chi connectivity index (χ0v) is 17.5. The molecule has 0 spiro atoms. The molecule has 0 amide bonds. The van der Waals surface area contributed by atoms with E-state index >= 15 is 0 Å². The maximum Gasteiger partial charge on any atom is 0.188 e. The van der Waals surface area contributed by atoms with Crippen LogP contribution in [0.5, 0.6) is 11.5 Å². The number of nitrogens with one attached hydrogen (secondary N) is 1. The van der Waals surface area contributed by atoms with Gasteiger partial charge in [-0.25, -0.2) is 4.99 Å². The number of rotatable bonds is 8. The fraction of sp³-hybridized carbons (Fsp3) is 0.682. The Bertz CT molecular complexity index is 643. The molecule has 1 atom stereocenters. The first-order valence-corrected chi connectivity index (χ1v) is 10.7. The van der Waals surface area contributed by atoms with Gasteiger partial charge in [-0.2, -0.15) is 0 Å². The first kappa shape index (κ1) is 20.8. The number of hydrogen-bond donors (Lipinski definition) is 2. The molecule has 1 aliphatic carbocycles. The first-order chi connectivity index (χ1) is 13.7. The average Bonchev–Trinajstić information content (AvgIpc) is 3.18. The molecule has 156 valence electrons. The number of hydrogen-bond acceptors (Lipinski definition) is 4. The Morgan fingerprint density at radius 3 is 2.64 bits per heavy atom. The lowest BCUT2D eigenvalue weighted by molar-refractivity contribution is 0.188. The normalized spacial score (nSPS) is 21.6. The smallest absolute Gasteiger partial charge is 0.188 e. The summed E-state index contributed by atoms with van der Waals surface area (Å²) in [4.78, 5) is 7.17. The van der Waals surface area contributed by atoms with Gasteiger partial charge < -0.3 is 20.5 Å². The molecule has 2 fully saturated rings. The Balaban J connectivity index is 1.46. The Kier molecular flexibility index (Phi) is 7.83. The van der Waals surface area contributed by atoms with Gasteiger partial charge in [-0.05, 0) is 55.8 Å². The Labute approximate surface area is 169 Å². The van der Waals surface area contributed by atoms with Crippen molar-refractivity contribution in [2.75, 3.05) is 33.9 Å². The molecule has 1 aliphatic heterocycles. The summed E-state index contributed by atoms with van der Waals surface area (Å²) in [6.07, 6.45) is 9.62. The Morgan fingerprint density at radius 2 is 1.89 bits per heavy atom. The van der Waals surface area contributed by atoms with Crippen molar-refractivity contribution in [1.29, 1.82) is 0 Å². The number of aliphatic imine (C=N–C) groups is 1. The molecule has 1 aromatic carbocycles. The van der Waals surface area contributed by atoms with Crippen LogP contribution in [0.25, 0.3) is 0 Å². The second-order valence-electron chi connectivity index (χ2n) is 8.07. The molecule has 1 heterocycles. The van der Waals surface area contributed by atoms with E-state index in [4.69, 9.17) is 15.2 Å². The van der Waals surface area contributed by atoms with Crippen LogP contribution in [0, 0.1) is 5.92 Å². The molecule has 6 nitrogen and oxygen atoms in total. The van der Waals surface area contributed by atoms with Crippen LogP contribution in [-0.2, 0) is 6.54 Å². The van der Waals surface area contributed by atoms with Crippen molar-refractivity contribution in [3.63, 3.8) is 0 Å². The third-order valence-corrected chi connectivity index (χ3v) is 6.12. The number of methoxy groups -OCH3 is 2. The SMILES string of the molecule is COc1ccc(CN=C(N)NCC2CCCN2CC2CCCCC2)cc1OC. The van der Waals surface area contributed by atoms with Crippen molar-refractivity contribution in [3.05, 3.63) is 23.8 Å². The number of nitrogens with zero attached hydrogens (tertiary/aromatic N) is 2. The minimum absolute atomic E-state index is 0.513. The fourth-order valence-electron chi connectivity index (χ4n) is 4.50. The van der Waals surface area contributed by atoms with Gasteiger partial charge in [-0.1, -0.05) is 25.3 Å². The molecule has 0 bridgehead atoms. The van der Waals surface area contributed by atoms with Crippen molar-refractivity contribution in [1.82, 2.24) is 10.2 Å². The van der Waals surface area contributed by atoms with E-state index in [1.165, 1.54) is 58.0 Å². The van der Waals surface area contributed by atoms with Gasteiger partial charge in [0.25, 0.3) is 0 Å². The van der Waals surface area contributed by atoms with E-state index in [0.717, 1.165) is 23.8 Å². The van der Waals surface area contributed by atoms with E-state index in [0.29, 0.717) is 24.3 Å². The summed E-state index contributed by atoms with van der Waals surface area (Å²) >= 11 is 0. The third kappa shape index (κ3) is 5.77. The fourth-order valence-corrected chi connectivity index (χ4v) is 4.50. The molecule has 1 unspecified atom stereocenters. The van der Waals surface area contributed by atoms with Gasteiger partial charge in [0.2, 0.25) is 0 Å². The summed E-state index contributed by atoms with van der Waals surface area (Å²) in [6, 6.07) is 6.41. The second kappa shape index (κ2) is 10.6. The van der Waals surface area contributed by atoms with Gasteiger partial charge in [-0.15, -0.1) is 0 Å². The lowest BCUT2D eigenvalue weighted by Crippen LogP contribution is -2.44. The molecule has 1 aromatic rings. The van der Waals surface area contributed by atoms with Crippen LogP contribution in [0.15, 0.2) is 23.2 Å². The lowest BCUT2D eigenvalue weighted by atomic mass is 9.89. The van der Waals surface area contributed by atoms with Crippen LogP contribution in [0.1, 0.15) is 50.5 Å². The van der Waals surface area contributed by atoms with Gasteiger partial charge in [0, 0.05) is 19.1 Å². The molecule has 0 aromatic heterocycles. The highest BCUT2D eigenvalue weighted by Crippen LogP contribution is 2.28. The topological polar surface area (TPSA) is 72.1 Å². The van der Waals surface area contributed by atoms with E-state index in [2.05, 4.69) is 15.2 Å². The van der Waals surface area contributed by atoms with Gasteiger partial charge >= 0.3 is 0 Å². The molecule has 1 saturated carbocycles. The summed E-state index contributed by atoms with van der Waals surface area (Å²) in [7, 11) is 3.28. The van der Waals surface area contributed by atoms with Gasteiger partial charge in [-0.3, -0.25) is 4.90 Å². The van der Waals surface area contributed by atoms with Crippen molar-refractivity contribution >= 4 is 5.96 Å². The number of nitrogens with two attached hydrogens (primary N) is 1. The van der Waals surface area contributed by atoms with Crippen molar-refractivity contribution in [2.45, 2.75) is 57.5 Å². The molecule has 2 aliphatic rings. The molecule has 3 N–H and O–H groups in total. The van der Waals surface area contributed by atoms with Crippen molar-refractivity contribution in [3.8, 4) is 11.5 Å².